The average molecular weight is 1100 g/mol. The van der Waals surface area contributed by atoms with Crippen molar-refractivity contribution in [2.75, 3.05) is 57.4 Å². The number of nitrogens with one attached hydrogen (secondary N) is 3. The second-order valence-corrected chi connectivity index (χ2v) is 23.8. The van der Waals surface area contributed by atoms with Gasteiger partial charge >= 0.3 is 0 Å². The van der Waals surface area contributed by atoms with E-state index in [0.717, 1.165) is 92.4 Å². The molecule has 4 amide bonds. The summed E-state index contributed by atoms with van der Waals surface area (Å²) in [7, 11) is 0. The van der Waals surface area contributed by atoms with E-state index in [1.165, 1.54) is 9.78 Å². The summed E-state index contributed by atoms with van der Waals surface area (Å²) in [5, 5.41) is 30.3. The molecule has 3 aliphatic heterocycles. The first-order chi connectivity index (χ1) is 36.8. The molecule has 2 fully saturated rings. The number of aryl methyl sites for hydroxylation is 3. The van der Waals surface area contributed by atoms with Gasteiger partial charge in [0.2, 0.25) is 23.6 Å². The molecule has 0 aliphatic carbocycles. The van der Waals surface area contributed by atoms with Crippen LogP contribution in [-0.4, -0.2) is 135 Å². The molecule has 17 nitrogen and oxygen atoms in total. The molecule has 6 heterocycles. The molecular formula is C57H68ClN11O6S2. The van der Waals surface area contributed by atoms with Gasteiger partial charge in [0.1, 0.15) is 35.6 Å². The van der Waals surface area contributed by atoms with E-state index in [4.69, 9.17) is 21.3 Å². The molecule has 3 aliphatic rings. The van der Waals surface area contributed by atoms with Crippen molar-refractivity contribution < 1.29 is 29.0 Å². The van der Waals surface area contributed by atoms with E-state index < -0.39 is 41.5 Å². The van der Waals surface area contributed by atoms with Crippen molar-refractivity contribution >= 4 is 69.3 Å². The maximum atomic E-state index is 14.1. The standard InChI is InChI=1S/C57H68ClN11O6S2/c1-33-36(4)77-56-49(33)50(40-13-17-42(58)18-14-40)62-45(53-65-64-37(5)69(53)56)28-47(71)61-34(2)39-15-19-43(20-16-39)67-23-21-66(22-24-67)25-26-75-31-48(72)63-52(57(6,7)8)55(74)68-30-44(70)27-46(68)54(73)59-29-38-9-11-41(12-10-38)51-35(3)60-32-76-51/h9-20,32,34,44-46,52,70H,21-31H2,1-8H3,(H,59,73)(H,61,71)(H,63,72)/t34-,44+,45-,46-,52?/m0/s1. The van der Waals surface area contributed by atoms with Gasteiger partial charge in [-0.1, -0.05) is 80.9 Å². The van der Waals surface area contributed by atoms with Crippen LogP contribution in [0.15, 0.2) is 83.3 Å². The Labute approximate surface area is 463 Å². The lowest BCUT2D eigenvalue weighted by Crippen LogP contribution is -2.58. The second kappa shape index (κ2) is 23.7. The maximum absolute atomic E-state index is 14.1. The number of benzene rings is 3. The fourth-order valence-corrected chi connectivity index (χ4v) is 12.4. The number of hydrogen-bond acceptors (Lipinski definition) is 14. The van der Waals surface area contributed by atoms with Crippen LogP contribution < -0.4 is 20.9 Å². The summed E-state index contributed by atoms with van der Waals surface area (Å²) in [6.07, 6.45) is -0.674. The number of nitrogens with zero attached hydrogens (tertiary/aromatic N) is 8. The first kappa shape index (κ1) is 55.4. The number of β-amino-alcohol motifs (C(OH)–C–C–N with tert-alkyl or cyclic N) is 1. The van der Waals surface area contributed by atoms with Crippen LogP contribution in [-0.2, 0) is 30.5 Å². The highest BCUT2D eigenvalue weighted by Crippen LogP contribution is 2.40. The van der Waals surface area contributed by atoms with E-state index in [2.05, 4.69) is 83.6 Å². The third-order valence-corrected chi connectivity index (χ3v) is 17.2. The largest absolute Gasteiger partial charge is 0.391 e. The number of hydrogen-bond donors (Lipinski definition) is 4. The summed E-state index contributed by atoms with van der Waals surface area (Å²) < 4.78 is 7.89. The number of thiophene rings is 1. The minimum absolute atomic E-state index is 0.00770. The second-order valence-electron chi connectivity index (χ2n) is 21.3. The van der Waals surface area contributed by atoms with Crippen molar-refractivity contribution in [3.05, 3.63) is 133 Å². The fourth-order valence-electron chi connectivity index (χ4n) is 10.2. The van der Waals surface area contributed by atoms with E-state index in [0.29, 0.717) is 24.0 Å². The molecule has 0 radical (unpaired) electrons. The number of likely N-dealkylation sites (tertiary alicyclic amines) is 1. The molecule has 0 saturated carbocycles. The third kappa shape index (κ3) is 12.7. The number of piperazine rings is 1. The lowest BCUT2D eigenvalue weighted by Gasteiger charge is -2.36. The Bertz CT molecular complexity index is 3120. The lowest BCUT2D eigenvalue weighted by atomic mass is 9.85. The van der Waals surface area contributed by atoms with Crippen LogP contribution in [0.5, 0.6) is 0 Å². The molecule has 3 aromatic carbocycles. The van der Waals surface area contributed by atoms with Gasteiger partial charge < -0.3 is 35.6 Å². The number of aromatic nitrogens is 4. The Balaban J connectivity index is 0.718. The number of halogens is 1. The van der Waals surface area contributed by atoms with Gasteiger partial charge in [0.05, 0.1) is 47.0 Å². The number of aliphatic hydroxyl groups excluding tert-OH is 1. The molecule has 77 heavy (non-hydrogen) atoms. The number of aliphatic hydroxyl groups is 1. The summed E-state index contributed by atoms with van der Waals surface area (Å²) in [5.74, 6) is 0.00957. The topological polar surface area (TPSA) is 200 Å². The van der Waals surface area contributed by atoms with Gasteiger partial charge in [-0.15, -0.1) is 32.9 Å². The molecular weight excluding hydrogens is 1030 g/mol. The van der Waals surface area contributed by atoms with E-state index in [1.54, 1.807) is 22.7 Å². The Morgan fingerprint density at radius 1 is 0.883 bits per heavy atom. The number of carbonyl (C=O) groups excluding carboxylic acids is 4. The third-order valence-electron chi connectivity index (χ3n) is 14.7. The summed E-state index contributed by atoms with van der Waals surface area (Å²) in [6, 6.07) is 21.2. The molecule has 20 heteroatoms. The predicted octanol–water partition coefficient (Wildman–Crippen LogP) is 7.45. The summed E-state index contributed by atoms with van der Waals surface area (Å²) in [5.41, 5.74) is 9.99. The van der Waals surface area contributed by atoms with Crippen molar-refractivity contribution in [1.29, 1.82) is 0 Å². The maximum Gasteiger partial charge on any atom is 0.246 e. The van der Waals surface area contributed by atoms with Gasteiger partial charge in [-0.25, -0.2) is 4.98 Å². The molecule has 4 N–H and O–H groups in total. The van der Waals surface area contributed by atoms with Gasteiger partial charge in [0, 0.05) is 78.9 Å². The molecule has 2 saturated heterocycles. The number of ether oxygens (including phenoxy) is 1. The van der Waals surface area contributed by atoms with Crippen molar-refractivity contribution in [2.24, 2.45) is 10.4 Å². The van der Waals surface area contributed by atoms with Crippen LogP contribution >= 0.6 is 34.3 Å². The number of thiazole rings is 1. The molecule has 5 atom stereocenters. The number of carbonyl (C=O) groups is 4. The van der Waals surface area contributed by atoms with Crippen LogP contribution in [0.25, 0.3) is 15.4 Å². The van der Waals surface area contributed by atoms with Crippen molar-refractivity contribution in [3.8, 4) is 15.4 Å². The quantitative estimate of drug-likeness (QED) is 0.0662. The first-order valence-corrected chi connectivity index (χ1v) is 28.3. The van der Waals surface area contributed by atoms with Crippen molar-refractivity contribution in [3.63, 3.8) is 0 Å². The Kier molecular flexibility index (Phi) is 17.1. The minimum Gasteiger partial charge on any atom is -0.391 e. The smallest absolute Gasteiger partial charge is 0.246 e. The number of rotatable bonds is 17. The highest BCUT2D eigenvalue weighted by molar-refractivity contribution is 7.15. The van der Waals surface area contributed by atoms with Crippen LogP contribution in [0.1, 0.15) is 103 Å². The highest BCUT2D eigenvalue weighted by Gasteiger charge is 2.44. The number of fused-ring (bicyclic) bond motifs is 3. The zero-order chi connectivity index (χ0) is 54.7. The van der Waals surface area contributed by atoms with Gasteiger partial charge in [-0.3, -0.25) is 33.6 Å². The zero-order valence-electron chi connectivity index (χ0n) is 44.9. The minimum atomic E-state index is -0.952. The molecule has 0 spiro atoms. The Morgan fingerprint density at radius 2 is 1.58 bits per heavy atom. The summed E-state index contributed by atoms with van der Waals surface area (Å²) in [4.78, 5) is 72.7. The van der Waals surface area contributed by atoms with E-state index in [9.17, 15) is 24.3 Å². The summed E-state index contributed by atoms with van der Waals surface area (Å²) >= 11 is 9.54. The monoisotopic (exact) mass is 1100 g/mol. The molecule has 1 unspecified atom stereocenters. The van der Waals surface area contributed by atoms with E-state index in [1.807, 2.05) is 95.6 Å². The van der Waals surface area contributed by atoms with E-state index in [-0.39, 0.29) is 50.4 Å². The van der Waals surface area contributed by atoms with Gasteiger partial charge in [-0.2, -0.15) is 0 Å². The van der Waals surface area contributed by atoms with Crippen LogP contribution in [0.4, 0.5) is 5.69 Å². The Hall–Kier alpha value is -6.35. The molecule has 406 valence electrons. The molecule has 3 aromatic heterocycles. The average Bonchev–Trinajstić information content (AvgIpc) is 4.31. The van der Waals surface area contributed by atoms with Crippen LogP contribution in [0.2, 0.25) is 5.02 Å². The predicted molar refractivity (Wildman–Crippen MR) is 302 cm³/mol. The Morgan fingerprint density at radius 3 is 2.26 bits per heavy atom. The molecule has 9 rings (SSSR count). The van der Waals surface area contributed by atoms with Gasteiger partial charge in [0.25, 0.3) is 0 Å². The van der Waals surface area contributed by atoms with Gasteiger partial charge in [-0.05, 0) is 86.6 Å². The van der Waals surface area contributed by atoms with Crippen LogP contribution in [0, 0.1) is 33.1 Å². The molecule has 6 aromatic rings. The summed E-state index contributed by atoms with van der Waals surface area (Å²) in [6.45, 7) is 19.9. The number of amides is 4. The fraction of sp³-hybridized carbons (Fsp3) is 0.439. The zero-order valence-corrected chi connectivity index (χ0v) is 47.3. The van der Waals surface area contributed by atoms with Crippen LogP contribution in [0.3, 0.4) is 0 Å². The van der Waals surface area contributed by atoms with Gasteiger partial charge in [0.15, 0.2) is 5.82 Å². The highest BCUT2D eigenvalue weighted by atomic mass is 35.5. The number of aliphatic imine (C=N–C) groups is 1. The SMILES string of the molecule is Cc1ncsc1-c1ccc(CNC(=O)[C@@H]2C[C@@H](O)CN2C(=O)C(NC(=O)COCCN2CCN(c3ccc([C@H](C)NC(=O)C[C@@H]4N=C(c5ccc(Cl)cc5)c5c(sc(C)c5C)-n5c(C)nnc54)cc3)CC2)C(C)(C)C)cc1. The van der Waals surface area contributed by atoms with Crippen molar-refractivity contribution in [1.82, 2.24) is 45.5 Å². The molecule has 0 bridgehead atoms. The van der Waals surface area contributed by atoms with E-state index >= 15 is 0 Å². The normalized spacial score (nSPS) is 18.5. The lowest BCUT2D eigenvalue weighted by molar-refractivity contribution is -0.144. The van der Waals surface area contributed by atoms with Crippen molar-refractivity contribution in [2.45, 2.75) is 105 Å². The first-order valence-electron chi connectivity index (χ1n) is 26.2. The number of anilines is 1.